The number of amides is 2. The Hall–Kier alpha value is -1.21. The molecule has 3 heterocycles. The zero-order chi connectivity index (χ0) is 15.2. The van der Waals surface area contributed by atoms with Crippen molar-refractivity contribution in [2.45, 2.75) is 57.5 Å². The topological polar surface area (TPSA) is 78.4 Å². The van der Waals surface area contributed by atoms with Gasteiger partial charge in [-0.3, -0.25) is 5.32 Å². The average molecular weight is 310 g/mol. The molecular formula is C14H22N4O2S. The zero-order valence-electron chi connectivity index (χ0n) is 12.7. The minimum Gasteiger partial charge on any atom is -0.396 e. The number of fused-ring (bicyclic) bond motifs is 2. The summed E-state index contributed by atoms with van der Waals surface area (Å²) in [4.78, 5) is 18.8. The van der Waals surface area contributed by atoms with Crippen LogP contribution in [0.25, 0.3) is 0 Å². The van der Waals surface area contributed by atoms with Gasteiger partial charge in [0.15, 0.2) is 0 Å². The van der Waals surface area contributed by atoms with Crippen LogP contribution in [0.2, 0.25) is 0 Å². The van der Waals surface area contributed by atoms with Crippen molar-refractivity contribution in [3.63, 3.8) is 0 Å². The molecule has 2 aliphatic rings. The number of aliphatic hydroxyl groups excluding tert-OH is 1. The van der Waals surface area contributed by atoms with Crippen LogP contribution in [0.4, 0.5) is 9.93 Å². The molecule has 2 fully saturated rings. The number of hydrogen-bond acceptors (Lipinski definition) is 5. The fourth-order valence-electron chi connectivity index (χ4n) is 3.36. The Morgan fingerprint density at radius 2 is 2.24 bits per heavy atom. The number of carbonyl (C=O) groups is 1. The smallest absolute Gasteiger partial charge is 0.324 e. The predicted molar refractivity (Wildman–Crippen MR) is 81.5 cm³/mol. The highest BCUT2D eigenvalue weighted by atomic mass is 32.1. The monoisotopic (exact) mass is 310 g/mol. The molecule has 2 N–H and O–H groups in total. The van der Waals surface area contributed by atoms with Crippen LogP contribution in [0.3, 0.4) is 0 Å². The summed E-state index contributed by atoms with van der Waals surface area (Å²) in [6.07, 6.45) is 2.95. The van der Waals surface area contributed by atoms with Gasteiger partial charge in [-0.15, -0.1) is 0 Å². The van der Waals surface area contributed by atoms with Crippen LogP contribution in [0, 0.1) is 5.92 Å². The third-order valence-electron chi connectivity index (χ3n) is 4.45. The lowest BCUT2D eigenvalue weighted by Gasteiger charge is -2.23. The van der Waals surface area contributed by atoms with E-state index in [1.807, 2.05) is 25.7 Å². The molecular weight excluding hydrogens is 288 g/mol. The summed E-state index contributed by atoms with van der Waals surface area (Å²) in [5.74, 6) is 0.981. The first-order valence-electron chi connectivity index (χ1n) is 7.44. The quantitative estimate of drug-likeness (QED) is 0.878. The molecule has 21 heavy (non-hydrogen) atoms. The van der Waals surface area contributed by atoms with Crippen LogP contribution in [-0.2, 0) is 5.41 Å². The number of urea groups is 1. The fraction of sp³-hybridized carbons (Fsp3) is 0.786. The van der Waals surface area contributed by atoms with Gasteiger partial charge in [-0.25, -0.2) is 9.78 Å². The molecule has 2 aliphatic heterocycles. The first-order chi connectivity index (χ1) is 9.90. The number of rotatable bonds is 2. The SMILES string of the molecule is CC(C)(C)c1nsc(NC(=O)N2[C@@H]3CC[C@H]2[C@H](CO)C3)n1. The van der Waals surface area contributed by atoms with Crippen LogP contribution >= 0.6 is 11.5 Å². The van der Waals surface area contributed by atoms with E-state index in [0.29, 0.717) is 5.13 Å². The minimum atomic E-state index is -0.117. The Morgan fingerprint density at radius 1 is 1.48 bits per heavy atom. The predicted octanol–water partition coefficient (Wildman–Crippen LogP) is 2.21. The van der Waals surface area contributed by atoms with E-state index < -0.39 is 0 Å². The van der Waals surface area contributed by atoms with Crippen LogP contribution in [0.5, 0.6) is 0 Å². The molecule has 0 spiro atoms. The Labute approximate surface area is 128 Å². The van der Waals surface area contributed by atoms with Crippen molar-refractivity contribution in [1.29, 1.82) is 0 Å². The lowest BCUT2D eigenvalue weighted by Crippen LogP contribution is -2.40. The lowest BCUT2D eigenvalue weighted by atomic mass is 9.90. The molecule has 2 saturated heterocycles. The molecule has 7 heteroatoms. The van der Waals surface area contributed by atoms with Crippen molar-refractivity contribution in [3.8, 4) is 0 Å². The van der Waals surface area contributed by atoms with Gasteiger partial charge in [0.1, 0.15) is 5.82 Å². The van der Waals surface area contributed by atoms with Crippen molar-refractivity contribution in [2.24, 2.45) is 5.92 Å². The van der Waals surface area contributed by atoms with E-state index in [-0.39, 0.29) is 36.1 Å². The van der Waals surface area contributed by atoms with E-state index in [0.717, 1.165) is 25.1 Å². The molecule has 116 valence electrons. The van der Waals surface area contributed by atoms with E-state index in [9.17, 15) is 9.90 Å². The third-order valence-corrected chi connectivity index (χ3v) is 5.08. The molecule has 6 nitrogen and oxygen atoms in total. The summed E-state index contributed by atoms with van der Waals surface area (Å²) >= 11 is 1.22. The van der Waals surface area contributed by atoms with Gasteiger partial charge >= 0.3 is 6.03 Å². The molecule has 0 unspecified atom stereocenters. The second-order valence-corrected chi connectivity index (χ2v) is 7.74. The standard InChI is InChI=1S/C14H22N4O2S/c1-14(2,3)11-15-12(21-17-11)16-13(20)18-9-4-5-10(18)8(6-9)7-19/h8-10,19H,4-7H2,1-3H3,(H,15,16,17,20)/t8-,9+,10-/m0/s1. The molecule has 0 radical (unpaired) electrons. The van der Waals surface area contributed by atoms with Crippen LogP contribution in [0.1, 0.15) is 45.9 Å². The van der Waals surface area contributed by atoms with E-state index in [4.69, 9.17) is 0 Å². The van der Waals surface area contributed by atoms with Crippen molar-refractivity contribution >= 4 is 22.7 Å². The molecule has 1 aromatic heterocycles. The maximum Gasteiger partial charge on any atom is 0.324 e. The van der Waals surface area contributed by atoms with Crippen molar-refractivity contribution in [3.05, 3.63) is 5.82 Å². The number of anilines is 1. The summed E-state index contributed by atoms with van der Waals surface area (Å²) in [5, 5.41) is 12.8. The maximum atomic E-state index is 12.5. The lowest BCUT2D eigenvalue weighted by molar-refractivity contribution is 0.177. The Bertz CT molecular complexity index is 539. The summed E-state index contributed by atoms with van der Waals surface area (Å²) in [5.41, 5.74) is -0.117. The summed E-state index contributed by atoms with van der Waals surface area (Å²) in [6, 6.07) is 0.340. The van der Waals surface area contributed by atoms with Crippen molar-refractivity contribution in [2.75, 3.05) is 11.9 Å². The molecule has 1 aromatic rings. The number of carbonyl (C=O) groups excluding carboxylic acids is 1. The van der Waals surface area contributed by atoms with Crippen LogP contribution in [0.15, 0.2) is 0 Å². The van der Waals surface area contributed by atoms with E-state index in [1.165, 1.54) is 11.5 Å². The zero-order valence-corrected chi connectivity index (χ0v) is 13.5. The number of nitrogens with one attached hydrogen (secondary N) is 1. The Balaban J connectivity index is 1.69. The molecule has 0 aromatic carbocycles. The largest absolute Gasteiger partial charge is 0.396 e. The van der Waals surface area contributed by atoms with Gasteiger partial charge in [0.25, 0.3) is 0 Å². The highest BCUT2D eigenvalue weighted by Gasteiger charge is 2.48. The first kappa shape index (κ1) is 14.7. The summed E-state index contributed by atoms with van der Waals surface area (Å²) in [6.45, 7) is 6.31. The van der Waals surface area contributed by atoms with Gasteiger partial charge in [-0.1, -0.05) is 20.8 Å². The molecule has 3 atom stereocenters. The van der Waals surface area contributed by atoms with E-state index in [2.05, 4.69) is 14.7 Å². The summed E-state index contributed by atoms with van der Waals surface area (Å²) < 4.78 is 4.31. The Morgan fingerprint density at radius 3 is 2.81 bits per heavy atom. The van der Waals surface area contributed by atoms with Gasteiger partial charge in [0, 0.05) is 41.6 Å². The molecule has 0 saturated carbocycles. The Kier molecular flexibility index (Phi) is 3.65. The molecule has 2 amide bonds. The molecule has 2 bridgehead atoms. The second kappa shape index (κ2) is 5.21. The van der Waals surface area contributed by atoms with E-state index in [1.54, 1.807) is 0 Å². The minimum absolute atomic E-state index is 0.102. The average Bonchev–Trinajstić information content (AvgIpc) is 3.10. The second-order valence-electron chi connectivity index (χ2n) is 6.99. The molecule has 3 rings (SSSR count). The van der Waals surface area contributed by atoms with E-state index >= 15 is 0 Å². The highest BCUT2D eigenvalue weighted by Crippen LogP contribution is 2.41. The maximum absolute atomic E-state index is 12.5. The number of aliphatic hydroxyl groups is 1. The number of aromatic nitrogens is 2. The number of nitrogens with zero attached hydrogens (tertiary/aromatic N) is 3. The van der Waals surface area contributed by atoms with Gasteiger partial charge in [0.05, 0.1) is 0 Å². The van der Waals surface area contributed by atoms with Gasteiger partial charge in [-0.05, 0) is 19.3 Å². The van der Waals surface area contributed by atoms with Crippen molar-refractivity contribution in [1.82, 2.24) is 14.3 Å². The van der Waals surface area contributed by atoms with Gasteiger partial charge < -0.3 is 10.0 Å². The highest BCUT2D eigenvalue weighted by molar-refractivity contribution is 7.09. The number of hydrogen-bond donors (Lipinski definition) is 2. The van der Waals surface area contributed by atoms with Gasteiger partial charge in [0.2, 0.25) is 5.13 Å². The molecule has 0 aliphatic carbocycles. The third kappa shape index (κ3) is 2.64. The van der Waals surface area contributed by atoms with Gasteiger partial charge in [-0.2, -0.15) is 4.37 Å². The van der Waals surface area contributed by atoms with Crippen molar-refractivity contribution < 1.29 is 9.90 Å². The fourth-order valence-corrected chi connectivity index (χ4v) is 4.11. The first-order valence-corrected chi connectivity index (χ1v) is 8.22. The van der Waals surface area contributed by atoms with Crippen LogP contribution in [-0.4, -0.2) is 44.1 Å². The van der Waals surface area contributed by atoms with Crippen LogP contribution < -0.4 is 5.32 Å². The normalized spacial score (nSPS) is 28.2. The summed E-state index contributed by atoms with van der Waals surface area (Å²) in [7, 11) is 0.